The molecule has 0 saturated heterocycles. The van der Waals surface area contributed by atoms with Crippen LogP contribution in [0.15, 0.2) is 24.8 Å². The van der Waals surface area contributed by atoms with Gasteiger partial charge in [-0.15, -0.1) is 0 Å². The van der Waals surface area contributed by atoms with E-state index < -0.39 is 5.97 Å². The highest BCUT2D eigenvalue weighted by molar-refractivity contribution is 5.84. The molecule has 82 valence electrons. The van der Waals surface area contributed by atoms with Crippen LogP contribution in [-0.2, 0) is 9.59 Å². The molecule has 0 aromatic heterocycles. The second-order valence-electron chi connectivity index (χ2n) is 3.87. The van der Waals surface area contributed by atoms with E-state index in [2.05, 4.69) is 6.58 Å². The van der Waals surface area contributed by atoms with Crippen LogP contribution in [0, 0.1) is 11.8 Å². The van der Waals surface area contributed by atoms with E-state index in [-0.39, 0.29) is 24.0 Å². The highest BCUT2D eigenvalue weighted by Crippen LogP contribution is 2.33. The predicted octanol–water partition coefficient (Wildman–Crippen LogP) is 2.19. The van der Waals surface area contributed by atoms with Crippen LogP contribution in [0.4, 0.5) is 0 Å². The summed E-state index contributed by atoms with van der Waals surface area (Å²) in [6.45, 7) is 3.55. The van der Waals surface area contributed by atoms with E-state index in [1.165, 1.54) is 0 Å². The van der Waals surface area contributed by atoms with E-state index in [1.807, 2.05) is 6.08 Å². The Bertz CT molecular complexity index is 291. The van der Waals surface area contributed by atoms with E-state index in [4.69, 9.17) is 5.11 Å². The minimum atomic E-state index is -0.813. The van der Waals surface area contributed by atoms with Crippen molar-refractivity contribution in [3.63, 3.8) is 0 Å². The number of hydrogen-bond donors (Lipinski definition) is 1. The van der Waals surface area contributed by atoms with E-state index in [0.717, 1.165) is 6.42 Å². The van der Waals surface area contributed by atoms with Crippen LogP contribution in [0.25, 0.3) is 0 Å². The second kappa shape index (κ2) is 5.49. The first-order chi connectivity index (χ1) is 7.15. The van der Waals surface area contributed by atoms with Gasteiger partial charge in [0, 0.05) is 18.8 Å². The maximum absolute atomic E-state index is 11.5. The molecular weight excluding hydrogens is 192 g/mol. The zero-order valence-electron chi connectivity index (χ0n) is 8.69. The Morgan fingerprint density at radius 1 is 1.60 bits per heavy atom. The molecule has 0 amide bonds. The summed E-state index contributed by atoms with van der Waals surface area (Å²) in [6.07, 6.45) is 7.34. The first kappa shape index (κ1) is 11.7. The van der Waals surface area contributed by atoms with Gasteiger partial charge in [0.15, 0.2) is 0 Å². The first-order valence-corrected chi connectivity index (χ1v) is 5.17. The summed E-state index contributed by atoms with van der Waals surface area (Å²) in [5.41, 5.74) is 0. The molecular formula is C12H16O3. The lowest BCUT2D eigenvalue weighted by atomic mass is 9.89. The number of carboxylic acids is 1. The molecule has 0 bridgehead atoms. The molecule has 3 nitrogen and oxygen atoms in total. The third-order valence-electron chi connectivity index (χ3n) is 2.84. The summed E-state index contributed by atoms with van der Waals surface area (Å²) >= 11 is 0. The minimum absolute atomic E-state index is 0.0180. The highest BCUT2D eigenvalue weighted by atomic mass is 16.4. The fourth-order valence-corrected chi connectivity index (χ4v) is 2.09. The number of carboxylic acid groups (broad SMARTS) is 1. The van der Waals surface area contributed by atoms with Gasteiger partial charge < -0.3 is 5.11 Å². The zero-order chi connectivity index (χ0) is 11.3. The van der Waals surface area contributed by atoms with Crippen LogP contribution in [0.1, 0.15) is 25.7 Å². The molecule has 3 heteroatoms. The number of carbonyl (C=O) groups is 2. The summed E-state index contributed by atoms with van der Waals surface area (Å²) in [6, 6.07) is 0. The van der Waals surface area contributed by atoms with Gasteiger partial charge in [-0.2, -0.15) is 0 Å². The van der Waals surface area contributed by atoms with Gasteiger partial charge >= 0.3 is 5.97 Å². The lowest BCUT2D eigenvalue weighted by molar-refractivity contribution is -0.138. The molecule has 15 heavy (non-hydrogen) atoms. The van der Waals surface area contributed by atoms with Crippen molar-refractivity contribution in [1.29, 1.82) is 0 Å². The standard InChI is InChI=1S/C12H16O3/c1-2-3-4-5-10-9(8-12(14)15)6-7-11(10)13/h2-4,9-10H,1,5-8H2,(H,14,15)/b4-3-/t9-,10+/m1/s1. The molecule has 0 aromatic carbocycles. The largest absolute Gasteiger partial charge is 0.481 e. The monoisotopic (exact) mass is 208 g/mol. The van der Waals surface area contributed by atoms with E-state index in [1.54, 1.807) is 12.2 Å². The topological polar surface area (TPSA) is 54.4 Å². The molecule has 0 aliphatic heterocycles. The van der Waals surface area contributed by atoms with Gasteiger partial charge in [-0.3, -0.25) is 9.59 Å². The van der Waals surface area contributed by atoms with Crippen molar-refractivity contribution in [2.45, 2.75) is 25.7 Å². The summed E-state index contributed by atoms with van der Waals surface area (Å²) in [7, 11) is 0. The number of hydrogen-bond acceptors (Lipinski definition) is 2. The van der Waals surface area contributed by atoms with Crippen LogP contribution >= 0.6 is 0 Å². The summed E-state index contributed by atoms with van der Waals surface area (Å²) in [5, 5.41) is 8.70. The average molecular weight is 208 g/mol. The maximum atomic E-state index is 11.5. The van der Waals surface area contributed by atoms with Crippen molar-refractivity contribution in [2.75, 3.05) is 0 Å². The van der Waals surface area contributed by atoms with Gasteiger partial charge in [0.25, 0.3) is 0 Å². The molecule has 0 aromatic rings. The third-order valence-corrected chi connectivity index (χ3v) is 2.84. The molecule has 1 saturated carbocycles. The van der Waals surface area contributed by atoms with Crippen molar-refractivity contribution in [1.82, 2.24) is 0 Å². The quantitative estimate of drug-likeness (QED) is 0.704. The Morgan fingerprint density at radius 2 is 2.33 bits per heavy atom. The van der Waals surface area contributed by atoms with Gasteiger partial charge in [-0.25, -0.2) is 0 Å². The Labute approximate surface area is 89.5 Å². The normalized spacial score (nSPS) is 26.0. The van der Waals surface area contributed by atoms with E-state index in [9.17, 15) is 9.59 Å². The minimum Gasteiger partial charge on any atom is -0.481 e. The Hall–Kier alpha value is -1.38. The number of Topliss-reactive ketones (excluding diaryl/α,β-unsaturated/α-hetero) is 1. The number of ketones is 1. The molecule has 0 heterocycles. The number of allylic oxidation sites excluding steroid dienone is 3. The smallest absolute Gasteiger partial charge is 0.303 e. The Balaban J connectivity index is 2.56. The molecule has 0 spiro atoms. The van der Waals surface area contributed by atoms with Gasteiger partial charge in [0.05, 0.1) is 0 Å². The second-order valence-corrected chi connectivity index (χ2v) is 3.87. The van der Waals surface area contributed by atoms with Crippen LogP contribution in [-0.4, -0.2) is 16.9 Å². The van der Waals surface area contributed by atoms with Crippen molar-refractivity contribution >= 4 is 11.8 Å². The number of rotatable bonds is 5. The number of carbonyl (C=O) groups excluding carboxylic acids is 1. The van der Waals surface area contributed by atoms with Crippen molar-refractivity contribution in [3.8, 4) is 0 Å². The summed E-state index contributed by atoms with van der Waals surface area (Å²) in [5.74, 6) is -0.691. The van der Waals surface area contributed by atoms with Crippen LogP contribution in [0.3, 0.4) is 0 Å². The van der Waals surface area contributed by atoms with Crippen LogP contribution in [0.2, 0.25) is 0 Å². The Kier molecular flexibility index (Phi) is 4.28. The molecule has 1 rings (SSSR count). The highest BCUT2D eigenvalue weighted by Gasteiger charge is 2.34. The van der Waals surface area contributed by atoms with E-state index >= 15 is 0 Å². The number of aliphatic carboxylic acids is 1. The maximum Gasteiger partial charge on any atom is 0.303 e. The molecule has 1 aliphatic rings. The summed E-state index contributed by atoms with van der Waals surface area (Å²) < 4.78 is 0. The summed E-state index contributed by atoms with van der Waals surface area (Å²) in [4.78, 5) is 22.1. The lowest BCUT2D eigenvalue weighted by Gasteiger charge is -2.14. The molecule has 0 unspecified atom stereocenters. The zero-order valence-corrected chi connectivity index (χ0v) is 8.69. The lowest BCUT2D eigenvalue weighted by Crippen LogP contribution is -2.17. The van der Waals surface area contributed by atoms with Gasteiger partial charge in [-0.05, 0) is 18.8 Å². The third kappa shape index (κ3) is 3.35. The molecule has 1 aliphatic carbocycles. The van der Waals surface area contributed by atoms with E-state index in [0.29, 0.717) is 12.8 Å². The molecule has 2 atom stereocenters. The van der Waals surface area contributed by atoms with Crippen LogP contribution < -0.4 is 0 Å². The SMILES string of the molecule is C=C/C=C\C[C@@H]1C(=O)CC[C@@H]1CC(=O)O. The predicted molar refractivity (Wildman–Crippen MR) is 57.4 cm³/mol. The first-order valence-electron chi connectivity index (χ1n) is 5.17. The Morgan fingerprint density at radius 3 is 2.93 bits per heavy atom. The fourth-order valence-electron chi connectivity index (χ4n) is 2.09. The van der Waals surface area contributed by atoms with Gasteiger partial charge in [0.2, 0.25) is 0 Å². The van der Waals surface area contributed by atoms with Crippen molar-refractivity contribution < 1.29 is 14.7 Å². The van der Waals surface area contributed by atoms with Crippen molar-refractivity contribution in [3.05, 3.63) is 24.8 Å². The molecule has 1 fully saturated rings. The average Bonchev–Trinajstić information content (AvgIpc) is 2.49. The molecule has 0 radical (unpaired) electrons. The van der Waals surface area contributed by atoms with Gasteiger partial charge in [-0.1, -0.05) is 24.8 Å². The van der Waals surface area contributed by atoms with Crippen LogP contribution in [0.5, 0.6) is 0 Å². The van der Waals surface area contributed by atoms with Crippen molar-refractivity contribution in [2.24, 2.45) is 11.8 Å². The fraction of sp³-hybridized carbons (Fsp3) is 0.500. The molecule has 1 N–H and O–H groups in total. The van der Waals surface area contributed by atoms with Gasteiger partial charge in [0.1, 0.15) is 5.78 Å².